The summed E-state index contributed by atoms with van der Waals surface area (Å²) in [6.45, 7) is 2.22. The fourth-order valence-electron chi connectivity index (χ4n) is 2.48. The van der Waals surface area contributed by atoms with Crippen LogP contribution in [0.2, 0.25) is 0 Å². The summed E-state index contributed by atoms with van der Waals surface area (Å²) in [4.78, 5) is 6.27. The molecule has 1 saturated carbocycles. The Kier molecular flexibility index (Phi) is 4.71. The van der Waals surface area contributed by atoms with E-state index in [1.807, 2.05) is 11.3 Å². The Morgan fingerprint density at radius 3 is 2.69 bits per heavy atom. The summed E-state index contributed by atoms with van der Waals surface area (Å²) < 4.78 is 0. The molecule has 0 spiro atoms. The Morgan fingerprint density at radius 1 is 1.31 bits per heavy atom. The Bertz CT molecular complexity index is 327. The van der Waals surface area contributed by atoms with Crippen LogP contribution >= 0.6 is 24.0 Å². The molecular formula is C13H21NS2. The number of rotatable bonds is 4. The molecule has 1 heterocycles. The summed E-state index contributed by atoms with van der Waals surface area (Å²) in [5.74, 6) is 1.61. The van der Waals surface area contributed by atoms with Crippen molar-refractivity contribution < 1.29 is 0 Å². The van der Waals surface area contributed by atoms with Crippen LogP contribution in [0.4, 0.5) is 0 Å². The van der Waals surface area contributed by atoms with E-state index in [4.69, 9.17) is 4.98 Å². The molecule has 0 unspecified atom stereocenters. The van der Waals surface area contributed by atoms with Crippen molar-refractivity contribution in [2.45, 2.75) is 63.5 Å². The Balaban J connectivity index is 2.14. The lowest BCUT2D eigenvalue weighted by Gasteiger charge is -2.18. The minimum absolute atomic E-state index is 0.753. The fraction of sp³-hybridized carbons (Fsp3) is 0.769. The van der Waals surface area contributed by atoms with Crippen LogP contribution in [-0.4, -0.2) is 4.98 Å². The van der Waals surface area contributed by atoms with Gasteiger partial charge in [-0.15, -0.1) is 11.3 Å². The lowest BCUT2D eigenvalue weighted by molar-refractivity contribution is 0.442. The Hall–Kier alpha value is -0.0200. The maximum Gasteiger partial charge on any atom is 0.0962 e. The molecule has 1 aliphatic carbocycles. The highest BCUT2D eigenvalue weighted by molar-refractivity contribution is 7.79. The maximum atomic E-state index is 4.86. The van der Waals surface area contributed by atoms with Gasteiger partial charge in [-0.3, -0.25) is 0 Å². The highest BCUT2D eigenvalue weighted by Crippen LogP contribution is 2.36. The van der Waals surface area contributed by atoms with Gasteiger partial charge in [-0.05, 0) is 19.3 Å². The van der Waals surface area contributed by atoms with E-state index in [0.29, 0.717) is 0 Å². The first kappa shape index (κ1) is 12.4. The van der Waals surface area contributed by atoms with E-state index < -0.39 is 0 Å². The maximum absolute atomic E-state index is 4.86. The van der Waals surface area contributed by atoms with E-state index in [0.717, 1.165) is 18.1 Å². The number of hydrogen-bond donors (Lipinski definition) is 1. The Morgan fingerprint density at radius 2 is 2.06 bits per heavy atom. The second-order valence-corrected chi connectivity index (χ2v) is 6.10. The zero-order chi connectivity index (χ0) is 11.4. The lowest BCUT2D eigenvalue weighted by Crippen LogP contribution is -2.04. The molecule has 1 nitrogen and oxygen atoms in total. The van der Waals surface area contributed by atoms with Gasteiger partial charge in [-0.2, -0.15) is 12.6 Å². The second kappa shape index (κ2) is 6.06. The SMILES string of the molecule is CCCc1nc(C2CCCCC2)sc1CS. The van der Waals surface area contributed by atoms with Gasteiger partial charge in [0.05, 0.1) is 10.7 Å². The van der Waals surface area contributed by atoms with Crippen LogP contribution in [0.1, 0.15) is 66.9 Å². The molecule has 0 amide bonds. The van der Waals surface area contributed by atoms with Crippen molar-refractivity contribution in [3.05, 3.63) is 15.6 Å². The van der Waals surface area contributed by atoms with Gasteiger partial charge in [0.15, 0.2) is 0 Å². The molecule has 3 heteroatoms. The van der Waals surface area contributed by atoms with Crippen molar-refractivity contribution >= 4 is 24.0 Å². The summed E-state index contributed by atoms with van der Waals surface area (Å²) >= 11 is 6.34. The molecule has 2 rings (SSSR count). The molecule has 90 valence electrons. The van der Waals surface area contributed by atoms with Crippen molar-refractivity contribution in [1.29, 1.82) is 0 Å². The third kappa shape index (κ3) is 2.80. The number of aromatic nitrogens is 1. The largest absolute Gasteiger partial charge is 0.246 e. The summed E-state index contributed by atoms with van der Waals surface area (Å²) in [6, 6.07) is 0. The monoisotopic (exact) mass is 255 g/mol. The molecule has 0 aliphatic heterocycles. The minimum Gasteiger partial charge on any atom is -0.246 e. The number of thiol groups is 1. The van der Waals surface area contributed by atoms with Crippen molar-refractivity contribution in [3.63, 3.8) is 0 Å². The molecule has 1 aromatic rings. The predicted molar refractivity (Wildman–Crippen MR) is 74.6 cm³/mol. The molecule has 1 aromatic heterocycles. The van der Waals surface area contributed by atoms with E-state index in [2.05, 4.69) is 19.6 Å². The summed E-state index contributed by atoms with van der Waals surface area (Å²) in [5, 5.41) is 1.40. The van der Waals surface area contributed by atoms with Gasteiger partial charge in [-0.1, -0.05) is 32.6 Å². The summed E-state index contributed by atoms with van der Waals surface area (Å²) in [6.07, 6.45) is 9.22. The van der Waals surface area contributed by atoms with Crippen molar-refractivity contribution in [3.8, 4) is 0 Å². The number of thiazole rings is 1. The van der Waals surface area contributed by atoms with E-state index in [9.17, 15) is 0 Å². The van der Waals surface area contributed by atoms with Gasteiger partial charge in [0.1, 0.15) is 0 Å². The highest BCUT2D eigenvalue weighted by atomic mass is 32.1. The second-order valence-electron chi connectivity index (χ2n) is 4.67. The smallest absolute Gasteiger partial charge is 0.0962 e. The minimum atomic E-state index is 0.753. The number of aryl methyl sites for hydroxylation is 1. The quantitative estimate of drug-likeness (QED) is 0.777. The molecule has 0 aromatic carbocycles. The summed E-state index contributed by atoms with van der Waals surface area (Å²) in [5.41, 5.74) is 1.32. The van der Waals surface area contributed by atoms with E-state index in [1.54, 1.807) is 0 Å². The molecule has 1 aliphatic rings. The van der Waals surface area contributed by atoms with Gasteiger partial charge in [-0.25, -0.2) is 4.98 Å². The molecular weight excluding hydrogens is 234 g/mol. The van der Waals surface area contributed by atoms with Gasteiger partial charge in [0.25, 0.3) is 0 Å². The van der Waals surface area contributed by atoms with Gasteiger partial charge < -0.3 is 0 Å². The first-order valence-corrected chi connectivity index (χ1v) is 7.89. The topological polar surface area (TPSA) is 12.9 Å². The van der Waals surface area contributed by atoms with Crippen LogP contribution in [0.25, 0.3) is 0 Å². The standard InChI is InChI=1S/C13H21NS2/c1-2-6-11-12(9-15)16-13(14-11)10-7-4-3-5-8-10/h10,15H,2-9H2,1H3. The van der Waals surface area contributed by atoms with Crippen molar-refractivity contribution in [2.75, 3.05) is 0 Å². The van der Waals surface area contributed by atoms with Crippen molar-refractivity contribution in [1.82, 2.24) is 4.98 Å². The molecule has 16 heavy (non-hydrogen) atoms. The summed E-state index contributed by atoms with van der Waals surface area (Å²) in [7, 11) is 0. The molecule has 0 saturated heterocycles. The number of hydrogen-bond acceptors (Lipinski definition) is 3. The molecule has 0 bridgehead atoms. The average Bonchev–Trinajstić information content (AvgIpc) is 2.74. The van der Waals surface area contributed by atoms with Crippen LogP contribution in [0.5, 0.6) is 0 Å². The van der Waals surface area contributed by atoms with E-state index in [1.165, 1.54) is 54.1 Å². The van der Waals surface area contributed by atoms with Gasteiger partial charge >= 0.3 is 0 Å². The third-order valence-corrected chi connectivity index (χ3v) is 5.17. The normalized spacial score (nSPS) is 17.9. The van der Waals surface area contributed by atoms with Crippen LogP contribution < -0.4 is 0 Å². The van der Waals surface area contributed by atoms with Crippen LogP contribution in [0, 0.1) is 0 Å². The van der Waals surface area contributed by atoms with E-state index >= 15 is 0 Å². The predicted octanol–water partition coefficient (Wildman–Crippen LogP) is 4.57. The molecule has 0 N–H and O–H groups in total. The zero-order valence-corrected chi connectivity index (χ0v) is 11.7. The lowest BCUT2D eigenvalue weighted by atomic mass is 9.90. The highest BCUT2D eigenvalue weighted by Gasteiger charge is 2.20. The van der Waals surface area contributed by atoms with E-state index in [-0.39, 0.29) is 0 Å². The first-order chi connectivity index (χ1) is 7.85. The first-order valence-electron chi connectivity index (χ1n) is 6.44. The van der Waals surface area contributed by atoms with Crippen LogP contribution in [0.15, 0.2) is 0 Å². The fourth-order valence-corrected chi connectivity index (χ4v) is 4.00. The Labute approximate surface area is 108 Å². The number of nitrogens with zero attached hydrogens (tertiary/aromatic N) is 1. The zero-order valence-electron chi connectivity index (χ0n) is 10.0. The molecule has 0 radical (unpaired) electrons. The third-order valence-electron chi connectivity index (χ3n) is 3.38. The van der Waals surface area contributed by atoms with Crippen LogP contribution in [-0.2, 0) is 12.2 Å². The van der Waals surface area contributed by atoms with Gasteiger partial charge in [0.2, 0.25) is 0 Å². The van der Waals surface area contributed by atoms with Crippen molar-refractivity contribution in [2.24, 2.45) is 0 Å². The molecule has 1 fully saturated rings. The molecule has 0 atom stereocenters. The average molecular weight is 255 g/mol. The van der Waals surface area contributed by atoms with Gasteiger partial charge in [0, 0.05) is 16.5 Å². The van der Waals surface area contributed by atoms with Crippen LogP contribution in [0.3, 0.4) is 0 Å².